The molecule has 0 aliphatic rings. The first-order valence-corrected chi connectivity index (χ1v) is 5.94. The Labute approximate surface area is 110 Å². The van der Waals surface area contributed by atoms with Crippen molar-refractivity contribution in [3.63, 3.8) is 0 Å². The van der Waals surface area contributed by atoms with Gasteiger partial charge >= 0.3 is 0 Å². The standard InChI is InChI=1S/C15H14FNO2/c16-13-9-5-4-8-12(13)15(19)17-10-14(18)11-6-2-1-3-7-11/h1-9,14,18H,10H2,(H,17,19)/t14-/m0/s1. The summed E-state index contributed by atoms with van der Waals surface area (Å²) in [6.07, 6.45) is -0.808. The molecule has 0 aromatic heterocycles. The zero-order chi connectivity index (χ0) is 13.7. The van der Waals surface area contributed by atoms with E-state index in [1.54, 1.807) is 30.3 Å². The van der Waals surface area contributed by atoms with Crippen LogP contribution in [0.2, 0.25) is 0 Å². The minimum Gasteiger partial charge on any atom is -0.387 e. The molecule has 2 N–H and O–H groups in total. The highest BCUT2D eigenvalue weighted by atomic mass is 19.1. The van der Waals surface area contributed by atoms with Crippen molar-refractivity contribution < 1.29 is 14.3 Å². The molecule has 4 heteroatoms. The average Bonchev–Trinajstić information content (AvgIpc) is 2.46. The van der Waals surface area contributed by atoms with Crippen LogP contribution in [0.5, 0.6) is 0 Å². The maximum Gasteiger partial charge on any atom is 0.254 e. The van der Waals surface area contributed by atoms with Crippen LogP contribution in [0.4, 0.5) is 4.39 Å². The van der Waals surface area contributed by atoms with Gasteiger partial charge < -0.3 is 10.4 Å². The lowest BCUT2D eigenvalue weighted by atomic mass is 10.1. The molecule has 0 saturated heterocycles. The van der Waals surface area contributed by atoms with Crippen molar-refractivity contribution in [3.05, 3.63) is 71.5 Å². The molecule has 1 atom stereocenters. The number of aliphatic hydroxyl groups is 1. The Hall–Kier alpha value is -2.20. The summed E-state index contributed by atoms with van der Waals surface area (Å²) in [5.74, 6) is -1.11. The monoisotopic (exact) mass is 259 g/mol. The fourth-order valence-electron chi connectivity index (χ4n) is 1.72. The Morgan fingerprint density at radius 2 is 1.74 bits per heavy atom. The maximum absolute atomic E-state index is 13.4. The first-order chi connectivity index (χ1) is 9.18. The second-order valence-corrected chi connectivity index (χ2v) is 4.12. The molecule has 2 rings (SSSR count). The highest BCUT2D eigenvalue weighted by Gasteiger charge is 2.13. The van der Waals surface area contributed by atoms with Crippen LogP contribution in [0.25, 0.3) is 0 Å². The highest BCUT2D eigenvalue weighted by Crippen LogP contribution is 2.11. The summed E-state index contributed by atoms with van der Waals surface area (Å²) in [4.78, 5) is 11.7. The summed E-state index contributed by atoms with van der Waals surface area (Å²) in [6, 6.07) is 14.7. The van der Waals surface area contributed by atoms with Gasteiger partial charge in [0.25, 0.3) is 5.91 Å². The van der Waals surface area contributed by atoms with Crippen LogP contribution in [0, 0.1) is 5.82 Å². The van der Waals surface area contributed by atoms with E-state index in [-0.39, 0.29) is 12.1 Å². The van der Waals surface area contributed by atoms with Crippen LogP contribution in [0.3, 0.4) is 0 Å². The van der Waals surface area contributed by atoms with Crippen LogP contribution >= 0.6 is 0 Å². The smallest absolute Gasteiger partial charge is 0.254 e. The van der Waals surface area contributed by atoms with Gasteiger partial charge in [-0.15, -0.1) is 0 Å². The highest BCUT2D eigenvalue weighted by molar-refractivity contribution is 5.94. The third-order valence-electron chi connectivity index (χ3n) is 2.76. The van der Waals surface area contributed by atoms with E-state index in [9.17, 15) is 14.3 Å². The summed E-state index contributed by atoms with van der Waals surface area (Å²) in [7, 11) is 0. The predicted molar refractivity (Wildman–Crippen MR) is 70.1 cm³/mol. The van der Waals surface area contributed by atoms with E-state index < -0.39 is 17.8 Å². The summed E-state index contributed by atoms with van der Waals surface area (Å²) >= 11 is 0. The molecule has 0 saturated carbocycles. The molecule has 19 heavy (non-hydrogen) atoms. The third kappa shape index (κ3) is 3.39. The van der Waals surface area contributed by atoms with Gasteiger partial charge in [-0.2, -0.15) is 0 Å². The van der Waals surface area contributed by atoms with Gasteiger partial charge in [0.1, 0.15) is 5.82 Å². The minimum absolute atomic E-state index is 0.0252. The minimum atomic E-state index is -0.808. The molecular weight excluding hydrogens is 245 g/mol. The van der Waals surface area contributed by atoms with Gasteiger partial charge in [0.05, 0.1) is 11.7 Å². The summed E-state index contributed by atoms with van der Waals surface area (Å²) < 4.78 is 13.4. The molecule has 2 aromatic carbocycles. The molecule has 3 nitrogen and oxygen atoms in total. The third-order valence-corrected chi connectivity index (χ3v) is 2.76. The van der Waals surface area contributed by atoms with Crippen LogP contribution in [0.1, 0.15) is 22.0 Å². The zero-order valence-electron chi connectivity index (χ0n) is 10.2. The molecule has 0 spiro atoms. The number of carbonyl (C=O) groups excluding carboxylic acids is 1. The van der Waals surface area contributed by atoms with Crippen molar-refractivity contribution in [1.29, 1.82) is 0 Å². The molecule has 98 valence electrons. The number of rotatable bonds is 4. The summed E-state index contributed by atoms with van der Waals surface area (Å²) in [6.45, 7) is 0.0389. The Balaban J connectivity index is 1.96. The Morgan fingerprint density at radius 1 is 1.11 bits per heavy atom. The molecule has 0 heterocycles. The fourth-order valence-corrected chi connectivity index (χ4v) is 1.72. The van der Waals surface area contributed by atoms with Crippen molar-refractivity contribution >= 4 is 5.91 Å². The first-order valence-electron chi connectivity index (χ1n) is 5.94. The van der Waals surface area contributed by atoms with E-state index >= 15 is 0 Å². The zero-order valence-corrected chi connectivity index (χ0v) is 10.2. The number of benzene rings is 2. The van der Waals surface area contributed by atoms with E-state index in [2.05, 4.69) is 5.32 Å². The predicted octanol–water partition coefficient (Wildman–Crippen LogP) is 2.29. The maximum atomic E-state index is 13.4. The van der Waals surface area contributed by atoms with Crippen molar-refractivity contribution in [2.24, 2.45) is 0 Å². The van der Waals surface area contributed by atoms with Crippen molar-refractivity contribution in [1.82, 2.24) is 5.32 Å². The van der Waals surface area contributed by atoms with Crippen LogP contribution < -0.4 is 5.32 Å². The number of hydrogen-bond acceptors (Lipinski definition) is 2. The van der Waals surface area contributed by atoms with Crippen molar-refractivity contribution in [2.45, 2.75) is 6.10 Å². The van der Waals surface area contributed by atoms with E-state index in [1.165, 1.54) is 18.2 Å². The Bertz CT molecular complexity index is 557. The molecule has 0 unspecified atom stereocenters. The number of carbonyl (C=O) groups is 1. The second-order valence-electron chi connectivity index (χ2n) is 4.12. The molecule has 0 aliphatic heterocycles. The molecule has 0 fully saturated rings. The second kappa shape index (κ2) is 6.11. The van der Waals surface area contributed by atoms with E-state index in [0.29, 0.717) is 5.56 Å². The lowest BCUT2D eigenvalue weighted by Gasteiger charge is -2.12. The Morgan fingerprint density at radius 3 is 2.42 bits per heavy atom. The normalized spacial score (nSPS) is 11.9. The summed E-state index contributed by atoms with van der Waals surface area (Å²) in [5, 5.41) is 12.4. The molecule has 0 aliphatic carbocycles. The van der Waals surface area contributed by atoms with E-state index in [1.807, 2.05) is 6.07 Å². The van der Waals surface area contributed by atoms with Gasteiger partial charge in [0.15, 0.2) is 0 Å². The number of nitrogens with one attached hydrogen (secondary N) is 1. The van der Waals surface area contributed by atoms with E-state index in [4.69, 9.17) is 0 Å². The van der Waals surface area contributed by atoms with Crippen molar-refractivity contribution in [3.8, 4) is 0 Å². The number of aliphatic hydroxyl groups excluding tert-OH is 1. The topological polar surface area (TPSA) is 49.3 Å². The molecular formula is C15H14FNO2. The number of hydrogen-bond donors (Lipinski definition) is 2. The van der Waals surface area contributed by atoms with Gasteiger partial charge in [-0.25, -0.2) is 4.39 Å². The molecule has 0 bridgehead atoms. The SMILES string of the molecule is O=C(NC[C@H](O)c1ccccc1)c1ccccc1F. The van der Waals surface area contributed by atoms with Crippen LogP contribution in [-0.2, 0) is 0 Å². The van der Waals surface area contributed by atoms with Crippen LogP contribution in [-0.4, -0.2) is 17.6 Å². The van der Waals surface area contributed by atoms with Gasteiger partial charge in [0.2, 0.25) is 0 Å². The quantitative estimate of drug-likeness (QED) is 0.885. The number of amides is 1. The molecule has 0 radical (unpaired) electrons. The Kier molecular flexibility index (Phi) is 4.26. The van der Waals surface area contributed by atoms with E-state index in [0.717, 1.165) is 0 Å². The van der Waals surface area contributed by atoms with Gasteiger partial charge in [0, 0.05) is 6.54 Å². The van der Waals surface area contributed by atoms with Crippen molar-refractivity contribution in [2.75, 3.05) is 6.54 Å². The largest absolute Gasteiger partial charge is 0.387 e. The lowest BCUT2D eigenvalue weighted by Crippen LogP contribution is -2.29. The van der Waals surface area contributed by atoms with Gasteiger partial charge in [-0.1, -0.05) is 42.5 Å². The lowest BCUT2D eigenvalue weighted by molar-refractivity contribution is 0.0912. The molecule has 2 aromatic rings. The van der Waals surface area contributed by atoms with Crippen LogP contribution in [0.15, 0.2) is 54.6 Å². The van der Waals surface area contributed by atoms with Gasteiger partial charge in [-0.3, -0.25) is 4.79 Å². The van der Waals surface area contributed by atoms with Gasteiger partial charge in [-0.05, 0) is 17.7 Å². The molecule has 1 amide bonds. The summed E-state index contributed by atoms with van der Waals surface area (Å²) in [5.41, 5.74) is 0.680. The number of halogens is 1. The fraction of sp³-hybridized carbons (Fsp3) is 0.133. The first kappa shape index (κ1) is 13.2. The average molecular weight is 259 g/mol.